The number of hydrogen-bond acceptors (Lipinski definition) is 14. The molecule has 1 aromatic heterocycles. The molecule has 3 heterocycles. The Morgan fingerprint density at radius 2 is 1.71 bits per heavy atom. The van der Waals surface area contributed by atoms with E-state index in [0.29, 0.717) is 5.69 Å². The third kappa shape index (κ3) is 14.0. The van der Waals surface area contributed by atoms with E-state index in [0.717, 1.165) is 17.3 Å². The predicted molar refractivity (Wildman–Crippen MR) is 216 cm³/mol. The third-order valence-electron chi connectivity index (χ3n) is 8.13. The van der Waals surface area contributed by atoms with Crippen molar-refractivity contribution in [1.29, 1.82) is 0 Å². The molecule has 4 atom stereocenters. The quantitative estimate of drug-likeness (QED) is 0.0515. The molecule has 21 heteroatoms. The largest absolute Gasteiger partial charge is 0.483 e. The smallest absolute Gasteiger partial charge is 0.409 e. The first-order valence-corrected chi connectivity index (χ1v) is 19.7. The lowest BCUT2D eigenvalue weighted by atomic mass is 9.98. The summed E-state index contributed by atoms with van der Waals surface area (Å²) in [7, 11) is 0. The van der Waals surface area contributed by atoms with Gasteiger partial charge in [-0.15, -0.1) is 11.8 Å². The molecule has 59 heavy (non-hydrogen) atoms. The molecule has 0 bridgehead atoms. The number of urea groups is 1. The zero-order valence-corrected chi connectivity index (χ0v) is 34.9. The molecule has 6 amide bonds. The number of rotatable bonds is 17. The predicted octanol–water partition coefficient (Wildman–Crippen LogP) is 1.34. The minimum atomic E-state index is -1.64. The van der Waals surface area contributed by atoms with Crippen LogP contribution in [-0.4, -0.2) is 105 Å². The van der Waals surface area contributed by atoms with Gasteiger partial charge in [-0.3, -0.25) is 29.5 Å². The molecule has 0 aliphatic carbocycles. The monoisotopic (exact) mass is 841 g/mol. The van der Waals surface area contributed by atoms with Crippen LogP contribution in [0.3, 0.4) is 0 Å². The van der Waals surface area contributed by atoms with E-state index in [-0.39, 0.29) is 54.2 Å². The molecule has 320 valence electrons. The fourth-order valence-corrected chi connectivity index (χ4v) is 5.95. The molecule has 20 nitrogen and oxygen atoms in total. The Kier molecular flexibility index (Phi) is 15.5. The molecular formula is C38H51N9O11S. The lowest BCUT2D eigenvalue weighted by Crippen LogP contribution is -2.72. The number of aromatic nitrogens is 1. The number of H-pyrrole nitrogens is 1. The van der Waals surface area contributed by atoms with E-state index >= 15 is 0 Å². The number of carbonyl (C=O) groups excluding carboxylic acids is 6. The maximum Gasteiger partial charge on any atom is 0.409 e. The van der Waals surface area contributed by atoms with Crippen LogP contribution in [-0.2, 0) is 46.6 Å². The van der Waals surface area contributed by atoms with Crippen LogP contribution >= 0.6 is 11.8 Å². The summed E-state index contributed by atoms with van der Waals surface area (Å²) >= 11 is 1.16. The van der Waals surface area contributed by atoms with Crippen LogP contribution in [0.5, 0.6) is 5.75 Å². The van der Waals surface area contributed by atoms with E-state index < -0.39 is 70.6 Å². The molecule has 7 N–H and O–H groups in total. The van der Waals surface area contributed by atoms with Crippen LogP contribution < -0.4 is 42.1 Å². The molecule has 1 fully saturated rings. The number of aliphatic imine (C=N–C) groups is 1. The molecule has 1 saturated heterocycles. The van der Waals surface area contributed by atoms with Gasteiger partial charge in [0.15, 0.2) is 17.0 Å². The number of aromatic amines is 1. The van der Waals surface area contributed by atoms with Gasteiger partial charge in [0.2, 0.25) is 22.8 Å². The molecule has 4 rings (SSSR count). The fraction of sp³-hybridized carbons (Fsp3) is 0.500. The lowest BCUT2D eigenvalue weighted by molar-refractivity contribution is -0.179. The summed E-state index contributed by atoms with van der Waals surface area (Å²) in [4.78, 5) is 102. The number of benzene rings is 1. The van der Waals surface area contributed by atoms with E-state index in [9.17, 15) is 33.6 Å². The van der Waals surface area contributed by atoms with Gasteiger partial charge in [0.05, 0.1) is 24.4 Å². The van der Waals surface area contributed by atoms with Crippen molar-refractivity contribution in [3.63, 3.8) is 0 Å². The number of nitrogens with one attached hydrogen (secondary N) is 7. The molecule has 0 radical (unpaired) electrons. The highest BCUT2D eigenvalue weighted by Gasteiger charge is 2.43. The van der Waals surface area contributed by atoms with Crippen LogP contribution in [0, 0.1) is 0 Å². The number of ether oxygens (including phenoxy) is 3. The minimum absolute atomic E-state index is 0.0500. The number of carbonyl (C=O) groups is 6. The summed E-state index contributed by atoms with van der Waals surface area (Å²) in [6, 6.07) is 7.05. The number of oxime groups is 1. The summed E-state index contributed by atoms with van der Waals surface area (Å²) in [6.45, 7) is 12.7. The standard InChI is InChI=1S/C38H51N9O11S/c1-20(2)56-36(54)46-35-44-25(19-59-35)29(47-58-38(7,8)33(52)57-37(4,5)6)32(51)45-28-24(43-31(28)50)16-40-30(49)21(3)42-34(53)41-15-23-14-26(48)27(17-39-23)55-18-22-12-10-9-11-13-22/h9-14,17,20-21,24,28,35H,15-16,18-19H2,1-8H3,(H,39,48)(H,40,49)(H,43,50)(H,45,51)(H,46,54)(H2,41,42,53). The van der Waals surface area contributed by atoms with E-state index in [1.165, 1.54) is 33.0 Å². The van der Waals surface area contributed by atoms with Crippen molar-refractivity contribution in [1.82, 2.24) is 36.9 Å². The van der Waals surface area contributed by atoms with E-state index in [1.54, 1.807) is 34.6 Å². The van der Waals surface area contributed by atoms with Crippen LogP contribution in [0.1, 0.15) is 66.6 Å². The summed E-state index contributed by atoms with van der Waals surface area (Å²) in [5, 5.41) is 19.4. The Hall–Kier alpha value is -6.12. The number of esters is 1. The van der Waals surface area contributed by atoms with Crippen LogP contribution in [0.4, 0.5) is 9.59 Å². The van der Waals surface area contributed by atoms with Crippen molar-refractivity contribution in [3.05, 3.63) is 64.1 Å². The van der Waals surface area contributed by atoms with Gasteiger partial charge in [0.1, 0.15) is 24.3 Å². The van der Waals surface area contributed by atoms with Crippen LogP contribution in [0.15, 0.2) is 57.5 Å². The summed E-state index contributed by atoms with van der Waals surface area (Å²) < 4.78 is 16.1. The van der Waals surface area contributed by atoms with E-state index in [2.05, 4.69) is 47.0 Å². The van der Waals surface area contributed by atoms with Crippen molar-refractivity contribution in [3.8, 4) is 5.75 Å². The highest BCUT2D eigenvalue weighted by Crippen LogP contribution is 2.22. The molecule has 4 unspecified atom stereocenters. The van der Waals surface area contributed by atoms with Crippen molar-refractivity contribution in [2.75, 3.05) is 12.3 Å². The first kappa shape index (κ1) is 45.6. The first-order chi connectivity index (χ1) is 27.7. The summed E-state index contributed by atoms with van der Waals surface area (Å²) in [5.74, 6) is -2.56. The zero-order chi connectivity index (χ0) is 43.5. The van der Waals surface area contributed by atoms with Gasteiger partial charge < -0.3 is 50.6 Å². The van der Waals surface area contributed by atoms with Gasteiger partial charge in [-0.05, 0) is 61.0 Å². The average Bonchev–Trinajstić information content (AvgIpc) is 3.60. The second-order valence-corrected chi connectivity index (χ2v) is 16.3. The lowest BCUT2D eigenvalue weighted by Gasteiger charge is -2.37. The molecule has 1 aromatic carbocycles. The topological polar surface area (TPSA) is 269 Å². The highest BCUT2D eigenvalue weighted by atomic mass is 32.2. The average molecular weight is 842 g/mol. The number of amides is 6. The van der Waals surface area contributed by atoms with Crippen LogP contribution in [0.25, 0.3) is 0 Å². The van der Waals surface area contributed by atoms with E-state index in [4.69, 9.17) is 19.0 Å². The second-order valence-electron chi connectivity index (χ2n) is 15.2. The second kappa shape index (κ2) is 20.0. The Bertz CT molecular complexity index is 2000. The summed E-state index contributed by atoms with van der Waals surface area (Å²) in [6.07, 6.45) is 0.296. The maximum absolute atomic E-state index is 13.7. The number of β-lactam (4-membered cyclic amide) rings is 1. The van der Waals surface area contributed by atoms with E-state index in [1.807, 2.05) is 30.3 Å². The maximum atomic E-state index is 13.7. The zero-order valence-electron chi connectivity index (χ0n) is 34.1. The highest BCUT2D eigenvalue weighted by molar-refractivity contribution is 8.01. The molecule has 2 aromatic rings. The normalized spacial score (nSPS) is 18.3. The molecule has 2 aliphatic rings. The Labute approximate surface area is 344 Å². The SMILES string of the molecule is CC(C)OC(=O)NC1N=C(C(=NOC(C)(C)C(=O)OC(C)(C)C)C(=O)NC2C(=O)NC2CNC(=O)C(C)NC(=O)NCc2cc(=O)c(OCc3ccccc3)c[nH]2)CS1. The Morgan fingerprint density at radius 1 is 1.00 bits per heavy atom. The van der Waals surface area contributed by atoms with Gasteiger partial charge in [-0.1, -0.05) is 35.5 Å². The molecule has 2 aliphatic heterocycles. The number of hydrogen-bond donors (Lipinski definition) is 7. The van der Waals surface area contributed by atoms with Crippen molar-refractivity contribution in [2.24, 2.45) is 10.1 Å². The van der Waals surface area contributed by atoms with Crippen LogP contribution in [0.2, 0.25) is 0 Å². The van der Waals surface area contributed by atoms with Gasteiger partial charge in [-0.2, -0.15) is 0 Å². The van der Waals surface area contributed by atoms with Gasteiger partial charge in [-0.25, -0.2) is 14.4 Å². The molecule has 0 spiro atoms. The molecular weight excluding hydrogens is 791 g/mol. The Morgan fingerprint density at radius 3 is 2.36 bits per heavy atom. The fourth-order valence-electron chi connectivity index (χ4n) is 5.04. The number of nitrogens with zero attached hydrogens (tertiary/aromatic N) is 2. The van der Waals surface area contributed by atoms with Crippen molar-refractivity contribution < 1.29 is 47.8 Å². The van der Waals surface area contributed by atoms with Gasteiger partial charge >= 0.3 is 18.1 Å². The first-order valence-electron chi connectivity index (χ1n) is 18.7. The number of alkyl carbamates (subject to hydrolysis) is 1. The Balaban J connectivity index is 1.31. The van der Waals surface area contributed by atoms with Crippen molar-refractivity contribution in [2.45, 2.75) is 109 Å². The molecule has 0 saturated carbocycles. The van der Waals surface area contributed by atoms with Gasteiger partial charge in [0, 0.05) is 30.3 Å². The van der Waals surface area contributed by atoms with Gasteiger partial charge in [0.25, 0.3) is 5.91 Å². The number of pyridine rings is 1. The number of thioether (sulfide) groups is 1. The third-order valence-corrected chi connectivity index (χ3v) is 9.11. The minimum Gasteiger partial charge on any atom is -0.483 e. The van der Waals surface area contributed by atoms with Crippen molar-refractivity contribution >= 4 is 59.0 Å². The summed E-state index contributed by atoms with van der Waals surface area (Å²) in [5.41, 5.74) is -2.66.